The Morgan fingerprint density at radius 3 is 2.88 bits per heavy atom. The van der Waals surface area contributed by atoms with Gasteiger partial charge in [-0.2, -0.15) is 10.2 Å². The molecule has 0 aliphatic carbocycles. The number of nitrogens with zero attached hydrogens (tertiary/aromatic N) is 4. The van der Waals surface area contributed by atoms with Crippen molar-refractivity contribution in [3.05, 3.63) is 29.3 Å². The molecule has 0 aromatic carbocycles. The van der Waals surface area contributed by atoms with E-state index in [9.17, 15) is 9.59 Å². The van der Waals surface area contributed by atoms with Crippen molar-refractivity contribution in [2.45, 2.75) is 39.8 Å². The van der Waals surface area contributed by atoms with Crippen LogP contribution in [0.2, 0.25) is 0 Å². The average Bonchev–Trinajstić information content (AvgIpc) is 3.23. The number of amides is 2. The van der Waals surface area contributed by atoms with Gasteiger partial charge in [0.25, 0.3) is 5.91 Å². The van der Waals surface area contributed by atoms with Crippen LogP contribution >= 0.6 is 0 Å². The van der Waals surface area contributed by atoms with E-state index in [1.54, 1.807) is 22.0 Å². The minimum atomic E-state index is -0.691. The fourth-order valence-electron chi connectivity index (χ4n) is 2.96. The Morgan fingerprint density at radius 2 is 2.23 bits per heavy atom. The molecule has 1 unspecified atom stereocenters. The van der Waals surface area contributed by atoms with Gasteiger partial charge in [-0.25, -0.2) is 0 Å². The van der Waals surface area contributed by atoms with E-state index in [-0.39, 0.29) is 24.8 Å². The molecule has 140 valence electrons. The maximum atomic E-state index is 12.6. The van der Waals surface area contributed by atoms with Gasteiger partial charge in [0.15, 0.2) is 6.10 Å². The summed E-state index contributed by atoms with van der Waals surface area (Å²) < 4.78 is 7.28. The molecule has 2 amide bonds. The monoisotopic (exact) mass is 360 g/mol. The van der Waals surface area contributed by atoms with Crippen LogP contribution in [-0.2, 0) is 27.3 Å². The number of anilines is 1. The summed E-state index contributed by atoms with van der Waals surface area (Å²) in [5, 5.41) is 13.9. The zero-order valence-corrected chi connectivity index (χ0v) is 15.3. The number of aromatic nitrogens is 4. The van der Waals surface area contributed by atoms with Gasteiger partial charge in [-0.05, 0) is 20.8 Å². The second kappa shape index (κ2) is 7.69. The van der Waals surface area contributed by atoms with Crippen LogP contribution in [0.3, 0.4) is 0 Å². The summed E-state index contributed by atoms with van der Waals surface area (Å²) in [5.74, 6) is -0.300. The van der Waals surface area contributed by atoms with Gasteiger partial charge in [0.1, 0.15) is 0 Å². The van der Waals surface area contributed by atoms with Crippen LogP contribution < -0.4 is 5.32 Å². The Bertz CT molecular complexity index is 777. The highest BCUT2D eigenvalue weighted by molar-refractivity contribution is 5.94. The number of aryl methyl sites for hydroxylation is 3. The minimum Gasteiger partial charge on any atom is -0.365 e. The third-order valence-electron chi connectivity index (χ3n) is 4.55. The van der Waals surface area contributed by atoms with Crippen LogP contribution in [0.5, 0.6) is 0 Å². The van der Waals surface area contributed by atoms with E-state index in [2.05, 4.69) is 20.6 Å². The van der Waals surface area contributed by atoms with Gasteiger partial charge in [-0.1, -0.05) is 0 Å². The number of morpholine rings is 1. The summed E-state index contributed by atoms with van der Waals surface area (Å²) >= 11 is 0. The Labute approximate surface area is 151 Å². The summed E-state index contributed by atoms with van der Waals surface area (Å²) in [6.07, 6.45) is 2.93. The van der Waals surface area contributed by atoms with Crippen molar-refractivity contribution >= 4 is 17.5 Å². The van der Waals surface area contributed by atoms with Crippen LogP contribution in [0, 0.1) is 13.8 Å². The number of hydrogen-bond donors (Lipinski definition) is 2. The molecule has 3 heterocycles. The normalized spacial score (nSPS) is 17.3. The van der Waals surface area contributed by atoms with Gasteiger partial charge in [0.05, 0.1) is 37.2 Å². The van der Waals surface area contributed by atoms with Crippen LogP contribution in [0.25, 0.3) is 0 Å². The lowest BCUT2D eigenvalue weighted by atomic mass is 10.1. The van der Waals surface area contributed by atoms with Crippen LogP contribution in [0.4, 0.5) is 5.69 Å². The van der Waals surface area contributed by atoms with Crippen molar-refractivity contribution in [2.24, 2.45) is 0 Å². The smallest absolute Gasteiger partial charge is 0.255 e. The van der Waals surface area contributed by atoms with Crippen molar-refractivity contribution in [3.8, 4) is 0 Å². The molecule has 0 spiro atoms. The largest absolute Gasteiger partial charge is 0.365 e. The Hall–Kier alpha value is -2.68. The number of carbonyl (C=O) groups excluding carboxylic acids is 2. The molecule has 2 aromatic heterocycles. The highest BCUT2D eigenvalue weighted by Crippen LogP contribution is 2.15. The molecule has 0 saturated carbocycles. The number of aromatic amines is 1. The molecule has 2 aromatic rings. The molecule has 2 N–H and O–H groups in total. The first-order valence-electron chi connectivity index (χ1n) is 8.71. The minimum absolute atomic E-state index is 0.0301. The first kappa shape index (κ1) is 18.1. The summed E-state index contributed by atoms with van der Waals surface area (Å²) in [5.41, 5.74) is 3.25. The topological polar surface area (TPSA) is 105 Å². The Morgan fingerprint density at radius 1 is 1.42 bits per heavy atom. The molecule has 1 saturated heterocycles. The maximum Gasteiger partial charge on any atom is 0.255 e. The third-order valence-corrected chi connectivity index (χ3v) is 4.55. The number of nitrogens with one attached hydrogen (secondary N) is 2. The number of rotatable bonds is 5. The van der Waals surface area contributed by atoms with Crippen molar-refractivity contribution in [2.75, 3.05) is 25.0 Å². The van der Waals surface area contributed by atoms with E-state index in [1.165, 1.54) is 0 Å². The molecular weight excluding hydrogens is 336 g/mol. The van der Waals surface area contributed by atoms with E-state index in [0.717, 1.165) is 23.5 Å². The average molecular weight is 360 g/mol. The summed E-state index contributed by atoms with van der Waals surface area (Å²) in [6, 6.07) is 0. The molecule has 1 aliphatic rings. The Kier molecular flexibility index (Phi) is 5.36. The molecule has 1 fully saturated rings. The van der Waals surface area contributed by atoms with Gasteiger partial charge in [-0.15, -0.1) is 0 Å². The fraction of sp³-hybridized carbons (Fsp3) is 0.529. The predicted molar refractivity (Wildman–Crippen MR) is 94.6 cm³/mol. The fourth-order valence-corrected chi connectivity index (χ4v) is 2.96. The zero-order valence-electron chi connectivity index (χ0n) is 15.3. The molecule has 3 rings (SSSR count). The van der Waals surface area contributed by atoms with Gasteiger partial charge >= 0.3 is 0 Å². The first-order chi connectivity index (χ1) is 12.5. The van der Waals surface area contributed by atoms with Crippen molar-refractivity contribution in [1.82, 2.24) is 24.9 Å². The van der Waals surface area contributed by atoms with Crippen LogP contribution in [-0.4, -0.2) is 62.5 Å². The van der Waals surface area contributed by atoms with E-state index in [0.29, 0.717) is 18.8 Å². The van der Waals surface area contributed by atoms with E-state index in [4.69, 9.17) is 4.74 Å². The second-order valence-electron chi connectivity index (χ2n) is 6.36. The molecule has 9 heteroatoms. The molecule has 26 heavy (non-hydrogen) atoms. The van der Waals surface area contributed by atoms with Gasteiger partial charge in [-0.3, -0.25) is 19.4 Å². The highest BCUT2D eigenvalue weighted by Gasteiger charge is 2.30. The van der Waals surface area contributed by atoms with E-state index >= 15 is 0 Å². The molecule has 0 radical (unpaired) electrons. The first-order valence-corrected chi connectivity index (χ1v) is 8.71. The predicted octanol–water partition coefficient (Wildman–Crippen LogP) is 0.652. The molecule has 1 aliphatic heterocycles. The van der Waals surface area contributed by atoms with Crippen molar-refractivity contribution in [1.29, 1.82) is 0 Å². The van der Waals surface area contributed by atoms with E-state index < -0.39 is 6.10 Å². The van der Waals surface area contributed by atoms with E-state index in [1.807, 2.05) is 20.8 Å². The quantitative estimate of drug-likeness (QED) is 0.815. The number of ether oxygens (including phenoxy) is 1. The standard InChI is InChI=1S/C17H24N6O3/c1-4-23-9-13(8-18-23)19-17(25)15-10-22(5-6-26-15)16(24)7-14-11(2)20-21-12(14)3/h8-9,15H,4-7,10H2,1-3H3,(H,19,25)(H,20,21). The van der Waals surface area contributed by atoms with Crippen LogP contribution in [0.15, 0.2) is 12.4 Å². The van der Waals surface area contributed by atoms with Crippen molar-refractivity contribution in [3.63, 3.8) is 0 Å². The SMILES string of the molecule is CCn1cc(NC(=O)C2CN(C(=O)Cc3c(C)n[nH]c3C)CCO2)cn1. The maximum absolute atomic E-state index is 12.6. The van der Waals surface area contributed by atoms with Gasteiger partial charge < -0.3 is 15.0 Å². The lowest BCUT2D eigenvalue weighted by molar-refractivity contribution is -0.144. The van der Waals surface area contributed by atoms with Gasteiger partial charge in [0, 0.05) is 30.5 Å². The molecule has 9 nitrogen and oxygen atoms in total. The lowest BCUT2D eigenvalue weighted by Crippen LogP contribution is -2.50. The molecule has 1 atom stereocenters. The number of H-pyrrole nitrogens is 1. The summed E-state index contributed by atoms with van der Waals surface area (Å²) in [4.78, 5) is 26.7. The van der Waals surface area contributed by atoms with Crippen molar-refractivity contribution < 1.29 is 14.3 Å². The van der Waals surface area contributed by atoms with Gasteiger partial charge in [0.2, 0.25) is 5.91 Å². The second-order valence-corrected chi connectivity index (χ2v) is 6.36. The third kappa shape index (κ3) is 3.93. The molecule has 0 bridgehead atoms. The number of carbonyl (C=O) groups is 2. The number of hydrogen-bond acceptors (Lipinski definition) is 5. The summed E-state index contributed by atoms with van der Waals surface area (Å²) in [7, 11) is 0. The summed E-state index contributed by atoms with van der Waals surface area (Å²) in [6.45, 7) is 7.52. The molecular formula is C17H24N6O3. The van der Waals surface area contributed by atoms with Crippen LogP contribution in [0.1, 0.15) is 23.9 Å². The Balaban J connectivity index is 1.59. The lowest BCUT2D eigenvalue weighted by Gasteiger charge is -2.32. The zero-order chi connectivity index (χ0) is 18.7. The highest BCUT2D eigenvalue weighted by atomic mass is 16.5.